The Hall–Kier alpha value is -0.690. The highest BCUT2D eigenvalue weighted by Gasteiger charge is 2.00. The molecule has 0 heterocycles. The summed E-state index contributed by atoms with van der Waals surface area (Å²) in [4.78, 5) is 12.7. The number of aliphatic hydroxyl groups excluding tert-OH is 3. The van der Waals surface area contributed by atoms with Gasteiger partial charge in [-0.15, -0.1) is 0 Å². The van der Waals surface area contributed by atoms with Gasteiger partial charge in [-0.2, -0.15) is 0 Å². The molecule has 92 valence electrons. The molecule has 0 atom stereocenters. The summed E-state index contributed by atoms with van der Waals surface area (Å²) in [6, 6.07) is 0. The van der Waals surface area contributed by atoms with Crippen molar-refractivity contribution in [3.05, 3.63) is 0 Å². The summed E-state index contributed by atoms with van der Waals surface area (Å²) in [6.45, 7) is 1.75. The summed E-state index contributed by atoms with van der Waals surface area (Å²) in [5.74, 6) is 0. The summed E-state index contributed by atoms with van der Waals surface area (Å²) in [5, 5.41) is 25.5. The highest BCUT2D eigenvalue weighted by Crippen LogP contribution is 1.84. The Labute approximate surface area is 90.7 Å². The van der Waals surface area contributed by atoms with Gasteiger partial charge < -0.3 is 20.2 Å². The number of carbonyl (C=O) groups is 1. The number of carbonyl (C=O) groups excluding carboxylic acids is 1. The van der Waals surface area contributed by atoms with E-state index in [2.05, 4.69) is 0 Å². The van der Waals surface area contributed by atoms with Crippen LogP contribution in [0, 0.1) is 0 Å². The Balaban J connectivity index is 0. The molecule has 0 bridgehead atoms. The smallest absolute Gasteiger partial charge is 0.209 e. The molecule has 15 heavy (non-hydrogen) atoms. The molecule has 0 radical (unpaired) electrons. The third-order valence-electron chi connectivity index (χ3n) is 1.46. The minimum absolute atomic E-state index is 0.0694. The van der Waals surface area contributed by atoms with E-state index in [-0.39, 0.29) is 19.8 Å². The third-order valence-corrected chi connectivity index (χ3v) is 1.46. The normalized spacial score (nSPS) is 9.47. The van der Waals surface area contributed by atoms with Crippen molar-refractivity contribution in [1.82, 2.24) is 9.80 Å². The van der Waals surface area contributed by atoms with Crippen molar-refractivity contribution in [3.8, 4) is 0 Å². The Morgan fingerprint density at radius 1 is 0.933 bits per heavy atom. The summed E-state index contributed by atoms with van der Waals surface area (Å²) in [5.41, 5.74) is 0. The van der Waals surface area contributed by atoms with Crippen molar-refractivity contribution >= 4 is 6.41 Å². The first kappa shape index (κ1) is 16.7. The fourth-order valence-corrected chi connectivity index (χ4v) is 0.760. The predicted molar refractivity (Wildman–Crippen MR) is 57.4 cm³/mol. The van der Waals surface area contributed by atoms with Crippen LogP contribution in [0.25, 0.3) is 0 Å². The van der Waals surface area contributed by atoms with Gasteiger partial charge in [0.2, 0.25) is 6.41 Å². The Kier molecular flexibility index (Phi) is 14.8. The van der Waals surface area contributed by atoms with Gasteiger partial charge in [0, 0.05) is 33.7 Å². The first-order valence-corrected chi connectivity index (χ1v) is 4.79. The van der Waals surface area contributed by atoms with Gasteiger partial charge in [-0.25, -0.2) is 0 Å². The first-order valence-electron chi connectivity index (χ1n) is 4.79. The van der Waals surface area contributed by atoms with E-state index in [4.69, 9.17) is 15.3 Å². The van der Waals surface area contributed by atoms with E-state index in [0.717, 1.165) is 6.41 Å². The summed E-state index contributed by atoms with van der Waals surface area (Å²) in [6.07, 6.45) is 0.750. The Morgan fingerprint density at radius 3 is 1.33 bits per heavy atom. The van der Waals surface area contributed by atoms with Crippen molar-refractivity contribution in [2.45, 2.75) is 0 Å². The molecule has 0 aromatic carbocycles. The molecule has 0 rings (SSSR count). The average molecular weight is 222 g/mol. The molecular formula is C9H22N2O4. The van der Waals surface area contributed by atoms with Gasteiger partial charge in [0.25, 0.3) is 0 Å². The van der Waals surface area contributed by atoms with Crippen LogP contribution in [0.15, 0.2) is 0 Å². The van der Waals surface area contributed by atoms with Crippen LogP contribution >= 0.6 is 0 Å². The number of hydrogen-bond acceptors (Lipinski definition) is 5. The van der Waals surface area contributed by atoms with Crippen LogP contribution in [-0.4, -0.2) is 85.1 Å². The molecule has 0 aliphatic rings. The van der Waals surface area contributed by atoms with Crippen molar-refractivity contribution in [3.63, 3.8) is 0 Å². The molecule has 0 aliphatic carbocycles. The van der Waals surface area contributed by atoms with Crippen LogP contribution < -0.4 is 0 Å². The van der Waals surface area contributed by atoms with Gasteiger partial charge in [-0.05, 0) is 0 Å². The largest absolute Gasteiger partial charge is 0.395 e. The van der Waals surface area contributed by atoms with Gasteiger partial charge in [0.15, 0.2) is 0 Å². The zero-order valence-electron chi connectivity index (χ0n) is 9.46. The van der Waals surface area contributed by atoms with E-state index in [1.165, 1.54) is 4.90 Å². The van der Waals surface area contributed by atoms with E-state index in [9.17, 15) is 4.79 Å². The van der Waals surface area contributed by atoms with Gasteiger partial charge in [0.05, 0.1) is 19.8 Å². The molecule has 6 heteroatoms. The average Bonchev–Trinajstić information content (AvgIpc) is 2.20. The van der Waals surface area contributed by atoms with Crippen LogP contribution in [0.4, 0.5) is 0 Å². The zero-order valence-corrected chi connectivity index (χ0v) is 9.46. The lowest BCUT2D eigenvalue weighted by Gasteiger charge is -2.17. The maximum Gasteiger partial charge on any atom is 0.209 e. The maximum absolute atomic E-state index is 9.43. The first-order chi connectivity index (χ1) is 7.12. The maximum atomic E-state index is 9.43. The van der Waals surface area contributed by atoms with Crippen LogP contribution in [-0.2, 0) is 4.79 Å². The number of nitrogens with zero attached hydrogens (tertiary/aromatic N) is 2. The van der Waals surface area contributed by atoms with E-state index >= 15 is 0 Å². The van der Waals surface area contributed by atoms with Crippen molar-refractivity contribution < 1.29 is 20.1 Å². The molecule has 0 saturated carbocycles. The summed E-state index contributed by atoms with van der Waals surface area (Å²) in [7, 11) is 3.38. The number of aliphatic hydroxyl groups is 3. The van der Waals surface area contributed by atoms with Crippen molar-refractivity contribution in [1.29, 1.82) is 0 Å². The molecular weight excluding hydrogens is 200 g/mol. The molecule has 0 aliphatic heterocycles. The molecule has 0 unspecified atom stereocenters. The monoisotopic (exact) mass is 222 g/mol. The molecule has 1 amide bonds. The minimum atomic E-state index is 0.0694. The Morgan fingerprint density at radius 2 is 1.20 bits per heavy atom. The van der Waals surface area contributed by atoms with E-state index in [1.54, 1.807) is 19.0 Å². The molecule has 0 aromatic rings. The van der Waals surface area contributed by atoms with Gasteiger partial charge in [0.1, 0.15) is 0 Å². The minimum Gasteiger partial charge on any atom is -0.395 e. The van der Waals surface area contributed by atoms with E-state index in [1.807, 2.05) is 0 Å². The van der Waals surface area contributed by atoms with Crippen molar-refractivity contribution in [2.75, 3.05) is 53.6 Å². The molecule has 0 saturated heterocycles. The van der Waals surface area contributed by atoms with Crippen molar-refractivity contribution in [2.24, 2.45) is 0 Å². The summed E-state index contributed by atoms with van der Waals surface area (Å²) >= 11 is 0. The molecule has 0 aromatic heterocycles. The SMILES string of the molecule is CN(C)C=O.OCCN(CCO)CCO. The lowest BCUT2D eigenvalue weighted by molar-refractivity contribution is -0.115. The van der Waals surface area contributed by atoms with E-state index < -0.39 is 0 Å². The lowest BCUT2D eigenvalue weighted by atomic mass is 10.4. The third kappa shape index (κ3) is 16.0. The highest BCUT2D eigenvalue weighted by atomic mass is 16.3. The topological polar surface area (TPSA) is 84.2 Å². The molecule has 3 N–H and O–H groups in total. The molecule has 0 fully saturated rings. The highest BCUT2D eigenvalue weighted by molar-refractivity contribution is 5.45. The van der Waals surface area contributed by atoms with Crippen LogP contribution in [0.2, 0.25) is 0 Å². The predicted octanol–water partition coefficient (Wildman–Crippen LogP) is -2.03. The second kappa shape index (κ2) is 13.3. The quantitative estimate of drug-likeness (QED) is 0.433. The van der Waals surface area contributed by atoms with Crippen LogP contribution in [0.1, 0.15) is 0 Å². The fraction of sp³-hybridized carbons (Fsp3) is 0.889. The second-order valence-electron chi connectivity index (χ2n) is 3.08. The number of amides is 1. The van der Waals surface area contributed by atoms with E-state index in [0.29, 0.717) is 19.6 Å². The van der Waals surface area contributed by atoms with Crippen LogP contribution in [0.5, 0.6) is 0 Å². The van der Waals surface area contributed by atoms with Crippen LogP contribution in [0.3, 0.4) is 0 Å². The molecule has 0 spiro atoms. The number of hydrogen-bond donors (Lipinski definition) is 3. The lowest BCUT2D eigenvalue weighted by Crippen LogP contribution is -2.32. The molecule has 6 nitrogen and oxygen atoms in total. The second-order valence-corrected chi connectivity index (χ2v) is 3.08. The van der Waals surface area contributed by atoms with Gasteiger partial charge in [-0.1, -0.05) is 0 Å². The fourth-order valence-electron chi connectivity index (χ4n) is 0.760. The zero-order chi connectivity index (χ0) is 12.1. The van der Waals surface area contributed by atoms with Gasteiger partial charge >= 0.3 is 0 Å². The summed E-state index contributed by atoms with van der Waals surface area (Å²) < 4.78 is 0. The van der Waals surface area contributed by atoms with Gasteiger partial charge in [-0.3, -0.25) is 9.69 Å². The standard InChI is InChI=1S/C6H15NO3.C3H7NO/c8-4-1-7(2-5-9)3-6-10;1-4(2)3-5/h8-10H,1-6H2;3H,1-2H3. The number of rotatable bonds is 7. The Bertz CT molecular complexity index is 119.